The van der Waals surface area contributed by atoms with Crippen molar-refractivity contribution in [2.75, 3.05) is 0 Å². The highest BCUT2D eigenvalue weighted by Gasteiger charge is 2.05. The molecule has 0 amide bonds. The Morgan fingerprint density at radius 1 is 1.23 bits per heavy atom. The minimum absolute atomic E-state index is 0.145. The largest absolute Gasteiger partial charge is 0.391 e. The van der Waals surface area contributed by atoms with Crippen LogP contribution in [0.1, 0.15) is 4.88 Å². The predicted octanol–water partition coefficient (Wildman–Crippen LogP) is 3.60. The highest BCUT2D eigenvalue weighted by Crippen LogP contribution is 2.31. The maximum absolute atomic E-state index is 9.00. The van der Waals surface area contributed by atoms with Crippen LogP contribution in [0.4, 0.5) is 0 Å². The van der Waals surface area contributed by atoms with Gasteiger partial charge in [0.15, 0.2) is 0 Å². The summed E-state index contributed by atoms with van der Waals surface area (Å²) >= 11 is 6.32. The zero-order chi connectivity index (χ0) is 9.42. The Hall–Kier alpha value is 0.600. The van der Waals surface area contributed by atoms with E-state index < -0.39 is 0 Å². The molecule has 0 aliphatic carbocycles. The smallest absolute Gasteiger partial charge is 0.0774 e. The van der Waals surface area contributed by atoms with Crippen LogP contribution in [0.15, 0.2) is 18.2 Å². The molecule has 0 atom stereocenters. The normalized spacial score (nSPS) is 11.0. The lowest BCUT2D eigenvalue weighted by Crippen LogP contribution is -1.74. The van der Waals surface area contributed by atoms with Gasteiger partial charge in [-0.2, -0.15) is 0 Å². The summed E-state index contributed by atoms with van der Waals surface area (Å²) in [6.45, 7) is 0.145. The van der Waals surface area contributed by atoms with E-state index in [1.807, 2.05) is 0 Å². The molecule has 0 saturated carbocycles. The maximum atomic E-state index is 9.00. The Bertz CT molecular complexity index is 450. The molecule has 1 aromatic carbocycles. The van der Waals surface area contributed by atoms with E-state index in [9.17, 15) is 0 Å². The van der Waals surface area contributed by atoms with Crippen LogP contribution in [-0.2, 0) is 6.61 Å². The first-order valence-electron chi connectivity index (χ1n) is 3.69. The molecule has 0 aliphatic heterocycles. The molecule has 2 rings (SSSR count). The molecule has 0 unspecified atom stereocenters. The minimum atomic E-state index is 0.145. The molecule has 0 saturated heterocycles. The van der Waals surface area contributed by atoms with E-state index in [2.05, 4.69) is 63.4 Å². The van der Waals surface area contributed by atoms with Crippen molar-refractivity contribution in [1.82, 2.24) is 0 Å². The van der Waals surface area contributed by atoms with E-state index in [-0.39, 0.29) is 6.61 Å². The highest BCUT2D eigenvalue weighted by molar-refractivity contribution is 14.1. The molecule has 0 spiro atoms. The third-order valence-corrected chi connectivity index (χ3v) is 4.75. The summed E-state index contributed by atoms with van der Waals surface area (Å²) in [5.74, 6) is 0. The number of aliphatic hydroxyl groups is 1. The molecule has 1 aromatic heterocycles. The molecule has 2 aromatic rings. The summed E-state index contributed by atoms with van der Waals surface area (Å²) in [4.78, 5) is 1.04. The minimum Gasteiger partial charge on any atom is -0.391 e. The first-order valence-corrected chi connectivity index (χ1v) is 6.66. The third kappa shape index (κ3) is 2.00. The van der Waals surface area contributed by atoms with Gasteiger partial charge in [0.2, 0.25) is 0 Å². The first-order chi connectivity index (χ1) is 6.20. The quantitative estimate of drug-likeness (QED) is 0.705. The molecule has 0 bridgehead atoms. The van der Waals surface area contributed by atoms with Gasteiger partial charge in [-0.3, -0.25) is 0 Å². The van der Waals surface area contributed by atoms with Crippen molar-refractivity contribution in [3.63, 3.8) is 0 Å². The second kappa shape index (κ2) is 4.00. The van der Waals surface area contributed by atoms with Gasteiger partial charge >= 0.3 is 0 Å². The van der Waals surface area contributed by atoms with Gasteiger partial charge in [-0.15, -0.1) is 11.3 Å². The molecule has 68 valence electrons. The van der Waals surface area contributed by atoms with Crippen molar-refractivity contribution in [2.24, 2.45) is 0 Å². The van der Waals surface area contributed by atoms with Crippen molar-refractivity contribution in [3.8, 4) is 0 Å². The van der Waals surface area contributed by atoms with E-state index in [1.54, 1.807) is 11.3 Å². The summed E-state index contributed by atoms with van der Waals surface area (Å²) in [7, 11) is 0. The maximum Gasteiger partial charge on any atom is 0.0774 e. The second-order valence-corrected chi connectivity index (χ2v) is 6.22. The van der Waals surface area contributed by atoms with E-state index in [1.165, 1.54) is 17.2 Å². The molecule has 13 heavy (non-hydrogen) atoms. The number of fused-ring (bicyclic) bond motifs is 1. The summed E-state index contributed by atoms with van der Waals surface area (Å²) < 4.78 is 3.80. The van der Waals surface area contributed by atoms with E-state index >= 15 is 0 Å². The van der Waals surface area contributed by atoms with Crippen LogP contribution >= 0.6 is 56.5 Å². The number of benzene rings is 1. The van der Waals surface area contributed by atoms with Crippen molar-refractivity contribution < 1.29 is 5.11 Å². The molecule has 0 aliphatic rings. The van der Waals surface area contributed by atoms with Gasteiger partial charge in [-0.1, -0.05) is 0 Å². The van der Waals surface area contributed by atoms with Crippen molar-refractivity contribution >= 4 is 66.6 Å². The van der Waals surface area contributed by atoms with E-state index in [4.69, 9.17) is 5.11 Å². The van der Waals surface area contributed by atoms with Crippen LogP contribution in [0.25, 0.3) is 10.1 Å². The molecular weight excluding hydrogens is 410 g/mol. The van der Waals surface area contributed by atoms with Gasteiger partial charge in [-0.05, 0) is 68.8 Å². The van der Waals surface area contributed by atoms with Gasteiger partial charge in [0.05, 0.1) is 6.61 Å². The predicted molar refractivity (Wildman–Crippen MR) is 73.2 cm³/mol. The van der Waals surface area contributed by atoms with E-state index in [0.29, 0.717) is 0 Å². The van der Waals surface area contributed by atoms with Crippen LogP contribution in [0.2, 0.25) is 0 Å². The van der Waals surface area contributed by atoms with Crippen molar-refractivity contribution in [1.29, 1.82) is 0 Å². The van der Waals surface area contributed by atoms with Crippen LogP contribution < -0.4 is 0 Å². The van der Waals surface area contributed by atoms with Crippen molar-refractivity contribution in [3.05, 3.63) is 30.2 Å². The number of thiophene rings is 1. The molecule has 1 heterocycles. The Morgan fingerprint density at radius 3 is 2.69 bits per heavy atom. The number of halogens is 2. The summed E-state index contributed by atoms with van der Waals surface area (Å²) in [6.07, 6.45) is 0. The molecule has 1 nitrogen and oxygen atoms in total. The fourth-order valence-corrected chi connectivity index (χ4v) is 4.33. The Kier molecular flexibility index (Phi) is 3.11. The van der Waals surface area contributed by atoms with E-state index in [0.717, 1.165) is 4.88 Å². The molecule has 0 radical (unpaired) electrons. The number of hydrogen-bond donors (Lipinski definition) is 1. The standard InChI is InChI=1S/C9H6I2OS/c10-6-1-5-2-7(4-12)13-9(5)8(11)3-6/h1-3,12H,4H2. The zero-order valence-electron chi connectivity index (χ0n) is 6.55. The van der Waals surface area contributed by atoms with Gasteiger partial charge in [0.25, 0.3) is 0 Å². The van der Waals surface area contributed by atoms with Crippen LogP contribution in [0, 0.1) is 7.14 Å². The first kappa shape index (κ1) is 10.1. The van der Waals surface area contributed by atoms with Gasteiger partial charge in [-0.25, -0.2) is 0 Å². The third-order valence-electron chi connectivity index (χ3n) is 1.74. The fourth-order valence-electron chi connectivity index (χ4n) is 1.21. The van der Waals surface area contributed by atoms with Gasteiger partial charge in [0.1, 0.15) is 0 Å². The van der Waals surface area contributed by atoms with Crippen LogP contribution in [0.5, 0.6) is 0 Å². The average Bonchev–Trinajstić information content (AvgIpc) is 2.47. The van der Waals surface area contributed by atoms with Crippen LogP contribution in [0.3, 0.4) is 0 Å². The lowest BCUT2D eigenvalue weighted by molar-refractivity contribution is 0.285. The van der Waals surface area contributed by atoms with Gasteiger partial charge < -0.3 is 5.11 Å². The topological polar surface area (TPSA) is 20.2 Å². The lowest BCUT2D eigenvalue weighted by atomic mass is 10.2. The Morgan fingerprint density at radius 2 is 2.00 bits per heavy atom. The molecule has 1 N–H and O–H groups in total. The van der Waals surface area contributed by atoms with Crippen molar-refractivity contribution in [2.45, 2.75) is 6.61 Å². The highest BCUT2D eigenvalue weighted by atomic mass is 127. The monoisotopic (exact) mass is 416 g/mol. The Balaban J connectivity index is 2.75. The van der Waals surface area contributed by atoms with Crippen LogP contribution in [-0.4, -0.2) is 5.11 Å². The number of rotatable bonds is 1. The zero-order valence-corrected chi connectivity index (χ0v) is 11.7. The SMILES string of the molecule is OCc1cc2cc(I)cc(I)c2s1. The molecular formula is C9H6I2OS. The van der Waals surface area contributed by atoms with Gasteiger partial charge in [0, 0.05) is 16.7 Å². The summed E-state index contributed by atoms with van der Waals surface area (Å²) in [5, 5.41) is 10.2. The second-order valence-electron chi connectivity index (χ2n) is 2.68. The average molecular weight is 416 g/mol. The number of hydrogen-bond acceptors (Lipinski definition) is 2. The Labute approximate surface area is 107 Å². The summed E-state index contributed by atoms with van der Waals surface area (Å²) in [5.41, 5.74) is 0. The fraction of sp³-hybridized carbons (Fsp3) is 0.111. The molecule has 4 heteroatoms. The number of aliphatic hydroxyl groups excluding tert-OH is 1. The molecule has 0 fully saturated rings. The summed E-state index contributed by atoms with van der Waals surface area (Å²) in [6, 6.07) is 6.36. The lowest BCUT2D eigenvalue weighted by Gasteiger charge is -1.94.